The molecule has 0 aliphatic rings. The predicted molar refractivity (Wildman–Crippen MR) is 78.1 cm³/mol. The zero-order chi connectivity index (χ0) is 14.5. The Bertz CT molecular complexity index is 532. The molecule has 19 heavy (non-hydrogen) atoms. The molecule has 1 unspecified atom stereocenters. The average Bonchev–Trinajstić information content (AvgIpc) is 2.74. The van der Waals surface area contributed by atoms with Gasteiger partial charge in [-0.1, -0.05) is 22.0 Å². The van der Waals surface area contributed by atoms with Gasteiger partial charge in [-0.25, -0.2) is 0 Å². The van der Waals surface area contributed by atoms with Crippen molar-refractivity contribution in [1.29, 1.82) is 0 Å². The number of rotatable bonds is 2. The van der Waals surface area contributed by atoms with Gasteiger partial charge in [-0.15, -0.1) is 0 Å². The van der Waals surface area contributed by atoms with Gasteiger partial charge in [-0.05, 0) is 45.4 Å². The third kappa shape index (κ3) is 5.38. The molecule has 0 bridgehead atoms. The lowest BCUT2D eigenvalue weighted by Crippen LogP contribution is -2.17. The Balaban J connectivity index is 0.000000224. The van der Waals surface area contributed by atoms with Crippen molar-refractivity contribution < 1.29 is 9.53 Å². The SMILES string of the molecule is CC(Br)c1ccc2n[nH]nc2c1.CC(C)(C)OC=O. The van der Waals surface area contributed by atoms with Crippen LogP contribution in [0.2, 0.25) is 0 Å². The molecule has 0 fully saturated rings. The van der Waals surface area contributed by atoms with E-state index in [1.54, 1.807) is 0 Å². The number of nitrogens with zero attached hydrogens (tertiary/aromatic N) is 2. The number of fused-ring (bicyclic) bond motifs is 1. The van der Waals surface area contributed by atoms with E-state index in [9.17, 15) is 4.79 Å². The Hall–Kier alpha value is -1.43. The normalized spacial score (nSPS) is 12.5. The second-order valence-corrected chi connectivity index (χ2v) is 6.39. The van der Waals surface area contributed by atoms with Crippen LogP contribution in [0, 0.1) is 0 Å². The molecule has 0 saturated heterocycles. The monoisotopic (exact) mass is 327 g/mol. The maximum atomic E-state index is 9.60. The Kier molecular flexibility index (Phi) is 5.47. The van der Waals surface area contributed by atoms with Gasteiger partial charge in [0.25, 0.3) is 6.47 Å². The highest BCUT2D eigenvalue weighted by atomic mass is 79.9. The second-order valence-electron chi connectivity index (χ2n) is 5.01. The van der Waals surface area contributed by atoms with E-state index in [2.05, 4.69) is 43.0 Å². The van der Waals surface area contributed by atoms with E-state index in [1.807, 2.05) is 39.0 Å². The van der Waals surface area contributed by atoms with Gasteiger partial charge in [-0.3, -0.25) is 4.79 Å². The van der Waals surface area contributed by atoms with Gasteiger partial charge in [0, 0.05) is 4.83 Å². The van der Waals surface area contributed by atoms with Gasteiger partial charge in [0.2, 0.25) is 0 Å². The minimum Gasteiger partial charge on any atom is -0.462 e. The minimum absolute atomic E-state index is 0.318. The van der Waals surface area contributed by atoms with E-state index < -0.39 is 0 Å². The first-order valence-corrected chi connectivity index (χ1v) is 6.81. The van der Waals surface area contributed by atoms with E-state index in [4.69, 9.17) is 0 Å². The maximum Gasteiger partial charge on any atom is 0.293 e. The van der Waals surface area contributed by atoms with Crippen molar-refractivity contribution in [2.45, 2.75) is 38.1 Å². The summed E-state index contributed by atoms with van der Waals surface area (Å²) in [6.45, 7) is 8.01. The molecule has 0 amide bonds. The summed E-state index contributed by atoms with van der Waals surface area (Å²) in [6.07, 6.45) is 0. The molecule has 0 aliphatic carbocycles. The van der Waals surface area contributed by atoms with Gasteiger partial charge >= 0.3 is 0 Å². The lowest BCUT2D eigenvalue weighted by Gasteiger charge is -2.14. The Labute approximate surface area is 120 Å². The number of nitrogens with one attached hydrogen (secondary N) is 1. The predicted octanol–water partition coefficient (Wildman–Crippen LogP) is 3.37. The van der Waals surface area contributed by atoms with Crippen LogP contribution < -0.4 is 0 Å². The number of halogens is 1. The molecular formula is C13H18BrN3O2. The fraction of sp³-hybridized carbons (Fsp3) is 0.462. The summed E-state index contributed by atoms with van der Waals surface area (Å²) < 4.78 is 4.55. The number of aromatic nitrogens is 3. The van der Waals surface area contributed by atoms with Crippen LogP contribution in [0.4, 0.5) is 0 Å². The summed E-state index contributed by atoms with van der Waals surface area (Å²) in [5.41, 5.74) is 2.73. The lowest BCUT2D eigenvalue weighted by atomic mass is 10.1. The summed E-state index contributed by atoms with van der Waals surface area (Å²) in [6, 6.07) is 6.04. The van der Waals surface area contributed by atoms with Crippen molar-refractivity contribution in [2.24, 2.45) is 0 Å². The molecule has 1 heterocycles. The van der Waals surface area contributed by atoms with Gasteiger partial charge in [0.05, 0.1) is 0 Å². The second kappa shape index (κ2) is 6.65. The number of H-pyrrole nitrogens is 1. The minimum atomic E-state index is -0.318. The Morgan fingerprint density at radius 3 is 2.42 bits per heavy atom. The van der Waals surface area contributed by atoms with E-state index in [-0.39, 0.29) is 5.60 Å². The number of carbonyl (C=O) groups is 1. The van der Waals surface area contributed by atoms with E-state index in [0.717, 1.165) is 11.0 Å². The fourth-order valence-corrected chi connectivity index (χ4v) is 1.53. The van der Waals surface area contributed by atoms with Crippen LogP contribution in [0.15, 0.2) is 18.2 Å². The molecule has 1 aromatic heterocycles. The number of aromatic amines is 1. The summed E-state index contributed by atoms with van der Waals surface area (Å²) in [5.74, 6) is 0. The Morgan fingerprint density at radius 1 is 1.32 bits per heavy atom. The molecule has 2 aromatic rings. The third-order valence-electron chi connectivity index (χ3n) is 2.20. The lowest BCUT2D eigenvalue weighted by molar-refractivity contribution is -0.138. The summed E-state index contributed by atoms with van der Waals surface area (Å²) >= 11 is 3.50. The van der Waals surface area contributed by atoms with Crippen LogP contribution in [-0.2, 0) is 9.53 Å². The highest BCUT2D eigenvalue weighted by Crippen LogP contribution is 2.23. The molecule has 1 aromatic carbocycles. The first kappa shape index (κ1) is 15.6. The van der Waals surface area contributed by atoms with Gasteiger partial charge in [0.1, 0.15) is 16.6 Å². The molecule has 2 rings (SSSR count). The van der Waals surface area contributed by atoms with Crippen molar-refractivity contribution in [3.05, 3.63) is 23.8 Å². The Morgan fingerprint density at radius 2 is 1.95 bits per heavy atom. The number of carbonyl (C=O) groups excluding carboxylic acids is 1. The van der Waals surface area contributed by atoms with Crippen molar-refractivity contribution in [3.63, 3.8) is 0 Å². The van der Waals surface area contributed by atoms with Crippen LogP contribution in [0.3, 0.4) is 0 Å². The summed E-state index contributed by atoms with van der Waals surface area (Å²) in [4.78, 5) is 9.96. The van der Waals surface area contributed by atoms with Gasteiger partial charge < -0.3 is 4.74 Å². The molecule has 0 spiro atoms. The van der Waals surface area contributed by atoms with Crippen LogP contribution in [0.5, 0.6) is 0 Å². The standard InChI is InChI=1S/C8H8BrN3.C5H10O2/c1-5(9)6-2-3-7-8(4-6)11-12-10-7;1-5(2,3)7-4-6/h2-5H,1H3,(H,10,11,12);4H,1-3H3. The smallest absolute Gasteiger partial charge is 0.293 e. The molecule has 1 N–H and O–H groups in total. The van der Waals surface area contributed by atoms with E-state index in [1.165, 1.54) is 5.56 Å². The van der Waals surface area contributed by atoms with Crippen LogP contribution >= 0.6 is 15.9 Å². The molecule has 0 saturated carbocycles. The van der Waals surface area contributed by atoms with Crippen molar-refractivity contribution in [1.82, 2.24) is 15.4 Å². The molecule has 6 heteroatoms. The summed E-state index contributed by atoms with van der Waals surface area (Å²) in [5, 5.41) is 10.6. The molecule has 0 aliphatic heterocycles. The number of alkyl halides is 1. The van der Waals surface area contributed by atoms with E-state index in [0.29, 0.717) is 11.3 Å². The number of hydrogen-bond acceptors (Lipinski definition) is 4. The molecule has 104 valence electrons. The summed E-state index contributed by atoms with van der Waals surface area (Å²) in [7, 11) is 0. The topological polar surface area (TPSA) is 67.9 Å². The zero-order valence-electron chi connectivity index (χ0n) is 11.5. The van der Waals surface area contributed by atoms with Crippen LogP contribution in [0.1, 0.15) is 38.1 Å². The quantitative estimate of drug-likeness (QED) is 0.678. The van der Waals surface area contributed by atoms with Crippen LogP contribution in [-0.4, -0.2) is 27.5 Å². The largest absolute Gasteiger partial charge is 0.462 e. The molecule has 5 nitrogen and oxygen atoms in total. The first-order valence-electron chi connectivity index (χ1n) is 5.89. The fourth-order valence-electron chi connectivity index (χ4n) is 1.25. The number of ether oxygens (including phenoxy) is 1. The first-order chi connectivity index (χ1) is 8.83. The molecular weight excluding hydrogens is 310 g/mol. The third-order valence-corrected chi connectivity index (χ3v) is 2.73. The van der Waals surface area contributed by atoms with Gasteiger partial charge in [-0.2, -0.15) is 15.4 Å². The molecule has 0 radical (unpaired) electrons. The number of benzene rings is 1. The van der Waals surface area contributed by atoms with Crippen molar-refractivity contribution in [3.8, 4) is 0 Å². The maximum absolute atomic E-state index is 9.60. The van der Waals surface area contributed by atoms with Crippen molar-refractivity contribution >= 4 is 33.4 Å². The van der Waals surface area contributed by atoms with Crippen molar-refractivity contribution in [2.75, 3.05) is 0 Å². The average molecular weight is 328 g/mol. The molecule has 1 atom stereocenters. The van der Waals surface area contributed by atoms with E-state index >= 15 is 0 Å². The number of hydrogen-bond donors (Lipinski definition) is 1. The van der Waals surface area contributed by atoms with Crippen LogP contribution in [0.25, 0.3) is 11.0 Å². The highest BCUT2D eigenvalue weighted by Gasteiger charge is 2.07. The van der Waals surface area contributed by atoms with Gasteiger partial charge in [0.15, 0.2) is 0 Å². The zero-order valence-corrected chi connectivity index (χ0v) is 13.1. The highest BCUT2D eigenvalue weighted by molar-refractivity contribution is 9.09.